The second-order valence-corrected chi connectivity index (χ2v) is 7.49. The second kappa shape index (κ2) is 6.84. The molecule has 0 radical (unpaired) electrons. The number of nitrogens with zero attached hydrogens (tertiary/aromatic N) is 2. The summed E-state index contributed by atoms with van der Waals surface area (Å²) in [6.45, 7) is 6.75. The van der Waals surface area contributed by atoms with E-state index in [1.54, 1.807) is 11.4 Å². The maximum absolute atomic E-state index is 12.3. The van der Waals surface area contributed by atoms with E-state index < -0.39 is 10.2 Å². The molecule has 0 aromatic rings. The van der Waals surface area contributed by atoms with E-state index in [4.69, 9.17) is 5.73 Å². The lowest BCUT2D eigenvalue weighted by molar-refractivity contribution is 0.218. The van der Waals surface area contributed by atoms with Crippen LogP contribution in [0.2, 0.25) is 0 Å². The molecule has 6 heteroatoms. The van der Waals surface area contributed by atoms with Gasteiger partial charge in [-0.25, -0.2) is 0 Å². The normalized spacial score (nSPS) is 19.9. The predicted octanol–water partition coefficient (Wildman–Crippen LogP) is 0.880. The Kier molecular flexibility index (Phi) is 6.04. The van der Waals surface area contributed by atoms with Crippen molar-refractivity contribution in [3.05, 3.63) is 0 Å². The van der Waals surface area contributed by atoms with Crippen LogP contribution in [-0.4, -0.2) is 50.3 Å². The van der Waals surface area contributed by atoms with Gasteiger partial charge < -0.3 is 5.73 Å². The minimum atomic E-state index is -3.27. The van der Waals surface area contributed by atoms with E-state index in [9.17, 15) is 8.42 Å². The monoisotopic (exact) mass is 277 g/mol. The van der Waals surface area contributed by atoms with E-state index in [1.807, 2.05) is 0 Å². The Hall–Kier alpha value is -0.170. The average molecular weight is 277 g/mol. The molecule has 0 unspecified atom stereocenters. The summed E-state index contributed by atoms with van der Waals surface area (Å²) in [5.41, 5.74) is 5.41. The van der Waals surface area contributed by atoms with Gasteiger partial charge in [0, 0.05) is 26.7 Å². The molecule has 0 aliphatic carbocycles. The third-order valence-electron chi connectivity index (χ3n) is 3.84. The summed E-state index contributed by atoms with van der Waals surface area (Å²) in [6, 6.07) is 0. The summed E-state index contributed by atoms with van der Waals surface area (Å²) >= 11 is 0. The van der Waals surface area contributed by atoms with Gasteiger partial charge in [0.1, 0.15) is 0 Å². The first-order chi connectivity index (χ1) is 8.39. The van der Waals surface area contributed by atoms with E-state index in [-0.39, 0.29) is 0 Å². The van der Waals surface area contributed by atoms with Gasteiger partial charge in [0.2, 0.25) is 0 Å². The SMILES string of the molecule is CC(C)C1CCN(S(=O)(=O)N(C)CCCN)CC1. The van der Waals surface area contributed by atoms with Crippen LogP contribution < -0.4 is 5.73 Å². The van der Waals surface area contributed by atoms with Crippen molar-refractivity contribution in [3.63, 3.8) is 0 Å². The molecular weight excluding hydrogens is 250 g/mol. The van der Waals surface area contributed by atoms with Gasteiger partial charge in [0.05, 0.1) is 0 Å². The summed E-state index contributed by atoms with van der Waals surface area (Å²) in [4.78, 5) is 0. The molecule has 0 aromatic heterocycles. The zero-order valence-corrected chi connectivity index (χ0v) is 12.6. The van der Waals surface area contributed by atoms with Gasteiger partial charge in [-0.3, -0.25) is 0 Å². The van der Waals surface area contributed by atoms with Crippen LogP contribution in [0.4, 0.5) is 0 Å². The number of rotatable bonds is 6. The first kappa shape index (κ1) is 15.9. The Morgan fingerprint density at radius 3 is 2.33 bits per heavy atom. The molecule has 0 bridgehead atoms. The Morgan fingerprint density at radius 2 is 1.89 bits per heavy atom. The van der Waals surface area contributed by atoms with Crippen molar-refractivity contribution in [2.75, 3.05) is 33.2 Å². The van der Waals surface area contributed by atoms with Crippen LogP contribution in [0.5, 0.6) is 0 Å². The van der Waals surface area contributed by atoms with Crippen LogP contribution in [0.1, 0.15) is 33.1 Å². The Labute approximate surface area is 112 Å². The largest absolute Gasteiger partial charge is 0.330 e. The first-order valence-corrected chi connectivity index (χ1v) is 8.20. The van der Waals surface area contributed by atoms with Gasteiger partial charge in [-0.15, -0.1) is 0 Å². The van der Waals surface area contributed by atoms with Gasteiger partial charge in [-0.1, -0.05) is 13.8 Å². The lowest BCUT2D eigenvalue weighted by Crippen LogP contribution is -2.46. The summed E-state index contributed by atoms with van der Waals surface area (Å²) in [7, 11) is -1.63. The summed E-state index contributed by atoms with van der Waals surface area (Å²) in [5, 5.41) is 0. The molecular formula is C12H27N3O2S. The summed E-state index contributed by atoms with van der Waals surface area (Å²) in [5.74, 6) is 1.30. The van der Waals surface area contributed by atoms with Crippen molar-refractivity contribution < 1.29 is 8.42 Å². The van der Waals surface area contributed by atoms with Crippen LogP contribution in [0.15, 0.2) is 0 Å². The van der Waals surface area contributed by atoms with Gasteiger partial charge in [-0.2, -0.15) is 17.0 Å². The van der Waals surface area contributed by atoms with Gasteiger partial charge >= 0.3 is 0 Å². The molecule has 108 valence electrons. The first-order valence-electron chi connectivity index (χ1n) is 6.81. The Balaban J connectivity index is 2.55. The highest BCUT2D eigenvalue weighted by Gasteiger charge is 2.31. The topological polar surface area (TPSA) is 66.6 Å². The minimum Gasteiger partial charge on any atom is -0.330 e. The fraction of sp³-hybridized carbons (Fsp3) is 1.00. The van der Waals surface area contributed by atoms with Crippen molar-refractivity contribution >= 4 is 10.2 Å². The zero-order valence-electron chi connectivity index (χ0n) is 11.8. The van der Waals surface area contributed by atoms with Crippen molar-refractivity contribution in [1.82, 2.24) is 8.61 Å². The van der Waals surface area contributed by atoms with E-state index >= 15 is 0 Å². The highest BCUT2D eigenvalue weighted by atomic mass is 32.2. The van der Waals surface area contributed by atoms with Crippen LogP contribution >= 0.6 is 0 Å². The number of nitrogens with two attached hydrogens (primary N) is 1. The van der Waals surface area contributed by atoms with Gasteiger partial charge in [0.15, 0.2) is 0 Å². The third-order valence-corrected chi connectivity index (χ3v) is 5.83. The Bertz CT molecular complexity index is 335. The van der Waals surface area contributed by atoms with E-state index in [2.05, 4.69) is 13.8 Å². The van der Waals surface area contributed by atoms with Crippen molar-refractivity contribution in [1.29, 1.82) is 0 Å². The highest BCUT2D eigenvalue weighted by Crippen LogP contribution is 2.26. The molecule has 1 saturated heterocycles. The molecule has 0 amide bonds. The predicted molar refractivity (Wildman–Crippen MR) is 74.4 cm³/mol. The van der Waals surface area contributed by atoms with Gasteiger partial charge in [-0.05, 0) is 37.6 Å². The van der Waals surface area contributed by atoms with Gasteiger partial charge in [0.25, 0.3) is 10.2 Å². The molecule has 1 heterocycles. The molecule has 2 N–H and O–H groups in total. The highest BCUT2D eigenvalue weighted by molar-refractivity contribution is 7.86. The molecule has 1 aliphatic rings. The quantitative estimate of drug-likeness (QED) is 0.784. The number of piperidine rings is 1. The minimum absolute atomic E-state index is 0.503. The van der Waals surface area contributed by atoms with Crippen molar-refractivity contribution in [2.45, 2.75) is 33.1 Å². The van der Waals surface area contributed by atoms with Crippen LogP contribution in [-0.2, 0) is 10.2 Å². The standard InChI is InChI=1S/C12H27N3O2S/c1-11(2)12-5-9-15(10-6-12)18(16,17)14(3)8-4-7-13/h11-12H,4-10,13H2,1-3H3. The third kappa shape index (κ3) is 3.91. The molecule has 1 rings (SSSR count). The average Bonchev–Trinajstić information content (AvgIpc) is 2.35. The molecule has 0 spiro atoms. The molecule has 0 aromatic carbocycles. The summed E-state index contributed by atoms with van der Waals surface area (Å²) in [6.07, 6.45) is 2.65. The van der Waals surface area contributed by atoms with E-state index in [1.165, 1.54) is 4.31 Å². The fourth-order valence-corrected chi connectivity index (χ4v) is 3.83. The second-order valence-electron chi connectivity index (χ2n) is 5.45. The van der Waals surface area contributed by atoms with E-state index in [0.29, 0.717) is 44.4 Å². The lowest BCUT2D eigenvalue weighted by atomic mass is 9.87. The number of hydrogen-bond acceptors (Lipinski definition) is 3. The van der Waals surface area contributed by atoms with Crippen LogP contribution in [0.3, 0.4) is 0 Å². The van der Waals surface area contributed by atoms with Crippen molar-refractivity contribution in [2.24, 2.45) is 17.6 Å². The summed E-state index contributed by atoms with van der Waals surface area (Å²) < 4.78 is 27.6. The molecule has 1 aliphatic heterocycles. The molecule has 18 heavy (non-hydrogen) atoms. The smallest absolute Gasteiger partial charge is 0.281 e. The maximum Gasteiger partial charge on any atom is 0.281 e. The molecule has 5 nitrogen and oxygen atoms in total. The lowest BCUT2D eigenvalue weighted by Gasteiger charge is -2.35. The van der Waals surface area contributed by atoms with Crippen LogP contribution in [0, 0.1) is 11.8 Å². The van der Waals surface area contributed by atoms with E-state index in [0.717, 1.165) is 12.8 Å². The molecule has 0 atom stereocenters. The van der Waals surface area contributed by atoms with Crippen LogP contribution in [0.25, 0.3) is 0 Å². The zero-order chi connectivity index (χ0) is 13.8. The molecule has 0 saturated carbocycles. The maximum atomic E-state index is 12.3. The molecule has 1 fully saturated rings. The van der Waals surface area contributed by atoms with Crippen molar-refractivity contribution in [3.8, 4) is 0 Å². The number of hydrogen-bond donors (Lipinski definition) is 1. The Morgan fingerprint density at radius 1 is 1.33 bits per heavy atom. The fourth-order valence-electron chi connectivity index (χ4n) is 2.40.